The second-order valence-electron chi connectivity index (χ2n) is 9.29. The summed E-state index contributed by atoms with van der Waals surface area (Å²) in [5, 5.41) is 9.82. The third-order valence-electron chi connectivity index (χ3n) is 5.84. The SMILES string of the molecule is C[C@H](CO)N1C[C@H](C)[C@H](CN(C)Cc2ccncc2)Oc2ncc(C#CCN(C)C)cc2C1=O. The molecule has 3 atom stereocenters. The lowest BCUT2D eigenvalue weighted by Gasteiger charge is -2.37. The first-order valence-electron chi connectivity index (χ1n) is 11.6. The number of ether oxygens (including phenoxy) is 1. The van der Waals surface area contributed by atoms with Gasteiger partial charge in [-0.2, -0.15) is 0 Å². The van der Waals surface area contributed by atoms with Crippen LogP contribution in [0.2, 0.25) is 0 Å². The molecule has 0 aromatic carbocycles. The molecular weight excluding hydrogens is 430 g/mol. The molecule has 0 spiro atoms. The van der Waals surface area contributed by atoms with Crippen molar-refractivity contribution >= 4 is 5.91 Å². The molecule has 1 N–H and O–H groups in total. The molecule has 2 aromatic rings. The number of likely N-dealkylation sites (N-methyl/N-ethyl adjacent to an activating group) is 1. The van der Waals surface area contributed by atoms with E-state index in [1.807, 2.05) is 45.1 Å². The van der Waals surface area contributed by atoms with Crippen molar-refractivity contribution in [2.75, 3.05) is 47.4 Å². The first kappa shape index (κ1) is 25.6. The Kier molecular flexibility index (Phi) is 8.99. The van der Waals surface area contributed by atoms with Gasteiger partial charge in [-0.1, -0.05) is 18.8 Å². The van der Waals surface area contributed by atoms with Gasteiger partial charge in [-0.15, -0.1) is 0 Å². The average molecular weight is 466 g/mol. The van der Waals surface area contributed by atoms with Crippen molar-refractivity contribution in [1.82, 2.24) is 24.7 Å². The van der Waals surface area contributed by atoms with E-state index in [9.17, 15) is 9.90 Å². The number of aromatic nitrogens is 2. The summed E-state index contributed by atoms with van der Waals surface area (Å²) in [7, 11) is 5.95. The van der Waals surface area contributed by atoms with E-state index in [2.05, 4.69) is 33.6 Å². The topological polar surface area (TPSA) is 82.0 Å². The summed E-state index contributed by atoms with van der Waals surface area (Å²) in [6.45, 7) is 6.31. The summed E-state index contributed by atoms with van der Waals surface area (Å²) in [4.78, 5) is 27.9. The lowest BCUT2D eigenvalue weighted by molar-refractivity contribution is 0.0325. The van der Waals surface area contributed by atoms with Crippen molar-refractivity contribution in [2.45, 2.75) is 32.5 Å². The number of nitrogens with zero attached hydrogens (tertiary/aromatic N) is 5. The van der Waals surface area contributed by atoms with Gasteiger partial charge in [-0.25, -0.2) is 4.98 Å². The number of hydrogen-bond donors (Lipinski definition) is 1. The minimum absolute atomic E-state index is 0.0346. The standard InChI is InChI=1S/C26H35N5O3/c1-19-15-31(20(2)18-32)26(33)23-13-22(7-6-12-29(3)4)14-28-25(23)34-24(19)17-30(5)16-21-8-10-27-11-9-21/h8-11,13-14,19-20,24,32H,12,15-18H2,1-5H3/t19-,20+,24-/m0/s1. The van der Waals surface area contributed by atoms with Crippen molar-refractivity contribution in [2.24, 2.45) is 5.92 Å². The Labute approximate surface area is 202 Å². The van der Waals surface area contributed by atoms with E-state index < -0.39 is 0 Å². The molecule has 0 saturated heterocycles. The first-order valence-corrected chi connectivity index (χ1v) is 11.6. The third-order valence-corrected chi connectivity index (χ3v) is 5.84. The van der Waals surface area contributed by atoms with Crippen molar-refractivity contribution in [3.8, 4) is 17.7 Å². The third kappa shape index (κ3) is 6.76. The fourth-order valence-electron chi connectivity index (χ4n) is 3.86. The number of carbonyl (C=O) groups excluding carboxylic acids is 1. The zero-order valence-electron chi connectivity index (χ0n) is 20.7. The number of pyridine rings is 2. The summed E-state index contributed by atoms with van der Waals surface area (Å²) in [6.07, 6.45) is 5.04. The van der Waals surface area contributed by atoms with Crippen LogP contribution in [0.3, 0.4) is 0 Å². The van der Waals surface area contributed by atoms with Crippen LogP contribution in [0.1, 0.15) is 35.3 Å². The van der Waals surface area contributed by atoms with Gasteiger partial charge in [0.2, 0.25) is 5.88 Å². The van der Waals surface area contributed by atoms with Gasteiger partial charge in [0, 0.05) is 49.7 Å². The van der Waals surface area contributed by atoms with E-state index in [0.29, 0.717) is 36.6 Å². The van der Waals surface area contributed by atoms with Gasteiger partial charge < -0.3 is 14.7 Å². The van der Waals surface area contributed by atoms with Gasteiger partial charge in [0.05, 0.1) is 19.2 Å². The molecule has 182 valence electrons. The van der Waals surface area contributed by atoms with Gasteiger partial charge in [0.15, 0.2) is 0 Å². The van der Waals surface area contributed by atoms with Crippen LogP contribution in [-0.2, 0) is 6.54 Å². The zero-order valence-corrected chi connectivity index (χ0v) is 20.7. The zero-order chi connectivity index (χ0) is 24.7. The van der Waals surface area contributed by atoms with Crippen molar-refractivity contribution in [3.05, 3.63) is 53.5 Å². The van der Waals surface area contributed by atoms with Gasteiger partial charge in [-0.3, -0.25) is 19.6 Å². The number of fused-ring (bicyclic) bond motifs is 1. The monoisotopic (exact) mass is 465 g/mol. The van der Waals surface area contributed by atoms with Crippen LogP contribution < -0.4 is 4.74 Å². The molecule has 8 nitrogen and oxygen atoms in total. The van der Waals surface area contributed by atoms with E-state index >= 15 is 0 Å². The largest absolute Gasteiger partial charge is 0.472 e. The molecule has 1 aliphatic rings. The highest BCUT2D eigenvalue weighted by Crippen LogP contribution is 2.27. The van der Waals surface area contributed by atoms with Gasteiger partial charge in [0.25, 0.3) is 5.91 Å². The van der Waals surface area contributed by atoms with Gasteiger partial charge in [-0.05, 0) is 51.8 Å². The number of rotatable bonds is 7. The molecule has 0 aliphatic carbocycles. The van der Waals surface area contributed by atoms with Crippen LogP contribution in [0.25, 0.3) is 0 Å². The maximum atomic E-state index is 13.5. The summed E-state index contributed by atoms with van der Waals surface area (Å²) in [5.41, 5.74) is 2.21. The Bertz CT molecular complexity index is 1020. The summed E-state index contributed by atoms with van der Waals surface area (Å²) in [5.74, 6) is 6.31. The molecule has 8 heteroatoms. The first-order chi connectivity index (χ1) is 16.3. The number of hydrogen-bond acceptors (Lipinski definition) is 7. The summed E-state index contributed by atoms with van der Waals surface area (Å²) in [6, 6.07) is 5.42. The number of carbonyl (C=O) groups is 1. The Morgan fingerprint density at radius 2 is 2.03 bits per heavy atom. The lowest BCUT2D eigenvalue weighted by atomic mass is 9.99. The summed E-state index contributed by atoms with van der Waals surface area (Å²) < 4.78 is 6.36. The van der Waals surface area contributed by atoms with Crippen molar-refractivity contribution in [3.63, 3.8) is 0 Å². The normalized spacial score (nSPS) is 19.1. The number of aliphatic hydroxyl groups is 1. The molecule has 3 rings (SSSR count). The molecule has 0 saturated carbocycles. The van der Waals surface area contributed by atoms with Gasteiger partial charge in [0.1, 0.15) is 11.7 Å². The van der Waals surface area contributed by atoms with Crippen LogP contribution in [0.15, 0.2) is 36.8 Å². The van der Waals surface area contributed by atoms with Crippen LogP contribution in [-0.4, -0.2) is 95.2 Å². The molecule has 34 heavy (non-hydrogen) atoms. The van der Waals surface area contributed by atoms with Crippen molar-refractivity contribution < 1.29 is 14.6 Å². The number of aliphatic hydroxyl groups excluding tert-OH is 1. The van der Waals surface area contributed by atoms with E-state index in [1.165, 1.54) is 5.56 Å². The molecular formula is C26H35N5O3. The Morgan fingerprint density at radius 3 is 2.71 bits per heavy atom. The Balaban J connectivity index is 1.89. The summed E-state index contributed by atoms with van der Waals surface area (Å²) >= 11 is 0. The van der Waals surface area contributed by atoms with E-state index in [1.54, 1.807) is 29.6 Å². The molecule has 0 unspecified atom stereocenters. The maximum absolute atomic E-state index is 13.5. The Hall–Kier alpha value is -2.99. The smallest absolute Gasteiger partial charge is 0.259 e. The van der Waals surface area contributed by atoms with E-state index in [0.717, 1.165) is 6.54 Å². The molecule has 3 heterocycles. The van der Waals surface area contributed by atoms with E-state index in [-0.39, 0.29) is 30.6 Å². The van der Waals surface area contributed by atoms with Crippen LogP contribution >= 0.6 is 0 Å². The van der Waals surface area contributed by atoms with Gasteiger partial charge >= 0.3 is 0 Å². The molecule has 1 amide bonds. The second kappa shape index (κ2) is 11.9. The quantitative estimate of drug-likeness (QED) is 0.624. The molecule has 2 aromatic heterocycles. The average Bonchev–Trinajstić information content (AvgIpc) is 2.81. The predicted octanol–water partition coefficient (Wildman–Crippen LogP) is 1.74. The van der Waals surface area contributed by atoms with E-state index in [4.69, 9.17) is 4.74 Å². The highest BCUT2D eigenvalue weighted by atomic mass is 16.5. The second-order valence-corrected chi connectivity index (χ2v) is 9.29. The molecule has 1 aliphatic heterocycles. The molecule has 0 fully saturated rings. The molecule has 0 bridgehead atoms. The minimum atomic E-state index is -0.320. The molecule has 0 radical (unpaired) electrons. The highest BCUT2D eigenvalue weighted by molar-refractivity contribution is 5.97. The fraction of sp³-hybridized carbons (Fsp3) is 0.500. The van der Waals surface area contributed by atoms with Crippen LogP contribution in [0.4, 0.5) is 0 Å². The van der Waals surface area contributed by atoms with Crippen molar-refractivity contribution in [1.29, 1.82) is 0 Å². The van der Waals surface area contributed by atoms with Crippen LogP contribution in [0.5, 0.6) is 5.88 Å². The predicted molar refractivity (Wildman–Crippen MR) is 131 cm³/mol. The fourth-order valence-corrected chi connectivity index (χ4v) is 3.86. The number of amides is 1. The highest BCUT2D eigenvalue weighted by Gasteiger charge is 2.34. The maximum Gasteiger partial charge on any atom is 0.259 e. The minimum Gasteiger partial charge on any atom is -0.472 e. The van der Waals surface area contributed by atoms with Crippen LogP contribution in [0, 0.1) is 17.8 Å². The Morgan fingerprint density at radius 1 is 1.29 bits per heavy atom. The lowest BCUT2D eigenvalue weighted by Crippen LogP contribution is -2.49.